The highest BCUT2D eigenvalue weighted by Crippen LogP contribution is 2.19. The number of aromatic nitrogens is 4. The second-order valence-electron chi connectivity index (χ2n) is 4.08. The van der Waals surface area contributed by atoms with Gasteiger partial charge in [0.25, 0.3) is 0 Å². The maximum atomic E-state index is 12.1. The Bertz CT molecular complexity index is 753. The lowest BCUT2D eigenvalue weighted by Crippen LogP contribution is -2.03. The van der Waals surface area contributed by atoms with Crippen LogP contribution in [0.15, 0.2) is 54.9 Å². The van der Waals surface area contributed by atoms with Gasteiger partial charge in [-0.05, 0) is 24.3 Å². The highest BCUT2D eigenvalue weighted by molar-refractivity contribution is 6.06. The van der Waals surface area contributed by atoms with Crippen molar-refractivity contribution in [2.24, 2.45) is 0 Å². The molecular formula is C14H10N4O2. The zero-order valence-corrected chi connectivity index (χ0v) is 10.3. The molecule has 0 bridgehead atoms. The van der Waals surface area contributed by atoms with Gasteiger partial charge in [0.2, 0.25) is 5.78 Å². The minimum absolute atomic E-state index is 0.0641. The second-order valence-corrected chi connectivity index (χ2v) is 4.08. The average Bonchev–Trinajstić information content (AvgIpc) is 2.97. The summed E-state index contributed by atoms with van der Waals surface area (Å²) in [6, 6.07) is 11.8. The molecule has 3 aromatic rings. The van der Waals surface area contributed by atoms with E-state index in [0.29, 0.717) is 11.4 Å². The average molecular weight is 266 g/mol. The lowest BCUT2D eigenvalue weighted by Gasteiger charge is -2.01. The lowest BCUT2D eigenvalue weighted by molar-refractivity contribution is 0.102. The van der Waals surface area contributed by atoms with Gasteiger partial charge in [0.1, 0.15) is 17.1 Å². The number of rotatable bonds is 3. The van der Waals surface area contributed by atoms with Crippen LogP contribution in [0.1, 0.15) is 16.2 Å². The third kappa shape index (κ3) is 2.14. The van der Waals surface area contributed by atoms with Crippen molar-refractivity contribution in [2.45, 2.75) is 0 Å². The fourth-order valence-corrected chi connectivity index (χ4v) is 1.77. The molecule has 3 rings (SSSR count). The number of carbonyl (C=O) groups is 1. The molecule has 0 saturated carbocycles. The molecule has 1 N–H and O–H groups in total. The molecule has 0 fully saturated rings. The molecule has 0 saturated heterocycles. The first kappa shape index (κ1) is 12.0. The highest BCUT2D eigenvalue weighted by Gasteiger charge is 2.15. The molecule has 2 aromatic heterocycles. The van der Waals surface area contributed by atoms with E-state index < -0.39 is 0 Å². The molecular weight excluding hydrogens is 256 g/mol. The maximum absolute atomic E-state index is 12.1. The number of aromatic hydroxyl groups is 1. The van der Waals surface area contributed by atoms with E-state index in [-0.39, 0.29) is 17.2 Å². The fourth-order valence-electron chi connectivity index (χ4n) is 1.77. The molecule has 0 atom stereocenters. The van der Waals surface area contributed by atoms with Gasteiger partial charge in [-0.1, -0.05) is 23.4 Å². The van der Waals surface area contributed by atoms with Crippen LogP contribution in [0.2, 0.25) is 0 Å². The number of hydrogen-bond donors (Lipinski definition) is 1. The van der Waals surface area contributed by atoms with Crippen molar-refractivity contribution in [3.05, 3.63) is 66.2 Å². The van der Waals surface area contributed by atoms with Crippen molar-refractivity contribution in [1.29, 1.82) is 0 Å². The van der Waals surface area contributed by atoms with E-state index in [2.05, 4.69) is 15.3 Å². The number of benzene rings is 1. The van der Waals surface area contributed by atoms with Crippen LogP contribution in [0.4, 0.5) is 0 Å². The summed E-state index contributed by atoms with van der Waals surface area (Å²) < 4.78 is 1.35. The van der Waals surface area contributed by atoms with Gasteiger partial charge in [-0.3, -0.25) is 9.78 Å². The normalized spacial score (nSPS) is 10.4. The van der Waals surface area contributed by atoms with E-state index in [9.17, 15) is 9.90 Å². The number of phenols is 1. The predicted molar refractivity (Wildman–Crippen MR) is 70.7 cm³/mol. The Morgan fingerprint density at radius 1 is 1.05 bits per heavy atom. The summed E-state index contributed by atoms with van der Waals surface area (Å²) >= 11 is 0. The van der Waals surface area contributed by atoms with Crippen molar-refractivity contribution in [2.75, 3.05) is 0 Å². The van der Waals surface area contributed by atoms with E-state index in [1.54, 1.807) is 42.6 Å². The second kappa shape index (κ2) is 4.93. The predicted octanol–water partition coefficient (Wildman–Crippen LogP) is 1.60. The van der Waals surface area contributed by atoms with E-state index in [1.165, 1.54) is 16.9 Å². The molecule has 0 radical (unpaired) electrons. The van der Waals surface area contributed by atoms with Gasteiger partial charge in [-0.25, -0.2) is 4.68 Å². The number of carbonyl (C=O) groups excluding carboxylic acids is 1. The van der Waals surface area contributed by atoms with Crippen LogP contribution in [0.5, 0.6) is 5.75 Å². The Morgan fingerprint density at radius 2 is 1.85 bits per heavy atom. The Hall–Kier alpha value is -3.02. The lowest BCUT2D eigenvalue weighted by atomic mass is 10.2. The first-order chi connectivity index (χ1) is 9.75. The largest absolute Gasteiger partial charge is 0.506 e. The molecule has 0 unspecified atom stereocenters. The minimum atomic E-state index is -0.313. The summed E-state index contributed by atoms with van der Waals surface area (Å²) in [5.41, 5.74) is 0.934. The molecule has 6 nitrogen and oxygen atoms in total. The van der Waals surface area contributed by atoms with Gasteiger partial charge in [0.15, 0.2) is 5.69 Å². The number of phenolic OH excluding ortho intramolecular Hbond substituents is 1. The summed E-state index contributed by atoms with van der Waals surface area (Å²) in [5.74, 6) is -0.249. The first-order valence-corrected chi connectivity index (χ1v) is 5.92. The smallest absolute Gasteiger partial charge is 0.233 e. The molecule has 1 aromatic carbocycles. The van der Waals surface area contributed by atoms with Crippen molar-refractivity contribution < 1.29 is 9.90 Å². The molecule has 6 heteroatoms. The SMILES string of the molecule is O=C(c1ccccn1)c1cn(-c2ccccc2O)nn1. The number of nitrogens with zero attached hydrogens (tertiary/aromatic N) is 4. The van der Waals surface area contributed by atoms with E-state index in [0.717, 1.165) is 0 Å². The maximum Gasteiger partial charge on any atom is 0.233 e. The third-order valence-corrected chi connectivity index (χ3v) is 2.75. The van der Waals surface area contributed by atoms with Gasteiger partial charge in [-0.2, -0.15) is 0 Å². The standard InChI is InChI=1S/C14H10N4O2/c19-13-7-2-1-6-12(13)18-9-11(16-17-18)14(20)10-5-3-4-8-15-10/h1-9,19H. The Balaban J connectivity index is 1.95. The Labute approximate surface area is 114 Å². The van der Waals surface area contributed by atoms with Crippen LogP contribution in [0, 0.1) is 0 Å². The highest BCUT2D eigenvalue weighted by atomic mass is 16.3. The molecule has 0 aliphatic rings. The van der Waals surface area contributed by atoms with E-state index >= 15 is 0 Å². The molecule has 0 aliphatic heterocycles. The van der Waals surface area contributed by atoms with E-state index in [4.69, 9.17) is 0 Å². The zero-order chi connectivity index (χ0) is 13.9. The van der Waals surface area contributed by atoms with Crippen LogP contribution in [0.25, 0.3) is 5.69 Å². The molecule has 20 heavy (non-hydrogen) atoms. The summed E-state index contributed by atoms with van der Waals surface area (Å²) in [4.78, 5) is 16.1. The van der Waals surface area contributed by atoms with E-state index in [1.807, 2.05) is 0 Å². The third-order valence-electron chi connectivity index (χ3n) is 2.75. The van der Waals surface area contributed by atoms with Gasteiger partial charge >= 0.3 is 0 Å². The quantitative estimate of drug-likeness (QED) is 0.728. The molecule has 0 spiro atoms. The van der Waals surface area contributed by atoms with Crippen LogP contribution < -0.4 is 0 Å². The Kier molecular flexibility index (Phi) is 2.96. The number of para-hydroxylation sites is 2. The van der Waals surface area contributed by atoms with Crippen molar-refractivity contribution in [1.82, 2.24) is 20.0 Å². The van der Waals surface area contributed by atoms with Crippen LogP contribution in [-0.2, 0) is 0 Å². The van der Waals surface area contributed by atoms with Gasteiger partial charge in [0, 0.05) is 6.20 Å². The first-order valence-electron chi connectivity index (χ1n) is 5.92. The van der Waals surface area contributed by atoms with Crippen molar-refractivity contribution in [3.63, 3.8) is 0 Å². The van der Waals surface area contributed by atoms with Crippen LogP contribution in [-0.4, -0.2) is 30.9 Å². The Morgan fingerprint density at radius 3 is 2.60 bits per heavy atom. The zero-order valence-electron chi connectivity index (χ0n) is 10.3. The number of pyridine rings is 1. The molecule has 98 valence electrons. The minimum Gasteiger partial charge on any atom is -0.506 e. The monoisotopic (exact) mass is 266 g/mol. The fraction of sp³-hybridized carbons (Fsp3) is 0. The number of hydrogen-bond acceptors (Lipinski definition) is 5. The molecule has 0 aliphatic carbocycles. The van der Waals surface area contributed by atoms with Gasteiger partial charge < -0.3 is 5.11 Å². The summed E-state index contributed by atoms with van der Waals surface area (Å²) in [7, 11) is 0. The van der Waals surface area contributed by atoms with Crippen molar-refractivity contribution >= 4 is 5.78 Å². The van der Waals surface area contributed by atoms with Crippen LogP contribution >= 0.6 is 0 Å². The van der Waals surface area contributed by atoms with Gasteiger partial charge in [-0.15, -0.1) is 5.10 Å². The summed E-state index contributed by atoms with van der Waals surface area (Å²) in [5, 5.41) is 17.4. The number of ketones is 1. The molecule has 2 heterocycles. The topological polar surface area (TPSA) is 80.9 Å². The molecule has 0 amide bonds. The van der Waals surface area contributed by atoms with Crippen molar-refractivity contribution in [3.8, 4) is 11.4 Å². The summed E-state index contributed by atoms with van der Waals surface area (Å²) in [6.07, 6.45) is 3.01. The summed E-state index contributed by atoms with van der Waals surface area (Å²) in [6.45, 7) is 0. The van der Waals surface area contributed by atoms with Gasteiger partial charge in [0.05, 0.1) is 6.20 Å². The van der Waals surface area contributed by atoms with Crippen LogP contribution in [0.3, 0.4) is 0 Å².